The summed E-state index contributed by atoms with van der Waals surface area (Å²) in [6.07, 6.45) is 2.42. The quantitative estimate of drug-likeness (QED) is 0.682. The number of hydrogen-bond acceptors (Lipinski definition) is 3. The van der Waals surface area contributed by atoms with Gasteiger partial charge in [0.2, 0.25) is 5.91 Å². The number of imide groups is 1. The summed E-state index contributed by atoms with van der Waals surface area (Å²) in [4.78, 5) is 24.0. The first kappa shape index (κ1) is 11.2. The van der Waals surface area contributed by atoms with Crippen molar-refractivity contribution in [2.24, 2.45) is 5.92 Å². The van der Waals surface area contributed by atoms with E-state index in [1.54, 1.807) is 0 Å². The molecule has 1 aliphatic heterocycles. The van der Waals surface area contributed by atoms with Gasteiger partial charge in [0.1, 0.15) is 13.3 Å². The number of rotatable bonds is 4. The van der Waals surface area contributed by atoms with Crippen LogP contribution in [-0.2, 0) is 14.3 Å². The third-order valence-corrected chi connectivity index (χ3v) is 2.67. The van der Waals surface area contributed by atoms with Crippen LogP contribution >= 0.6 is 0 Å². The van der Waals surface area contributed by atoms with Gasteiger partial charge in [-0.2, -0.15) is 0 Å². The van der Waals surface area contributed by atoms with Crippen molar-refractivity contribution in [1.29, 1.82) is 0 Å². The summed E-state index contributed by atoms with van der Waals surface area (Å²) < 4.78 is 4.89. The average Bonchev–Trinajstić information content (AvgIpc) is 2.60. The Labute approximate surface area is 84.2 Å². The molecule has 1 aliphatic rings. The van der Waals surface area contributed by atoms with Gasteiger partial charge in [0.15, 0.2) is 0 Å². The maximum absolute atomic E-state index is 11.6. The molecule has 1 saturated heterocycles. The van der Waals surface area contributed by atoms with E-state index >= 15 is 0 Å². The lowest BCUT2D eigenvalue weighted by Gasteiger charge is -2.16. The first-order valence-electron chi connectivity index (χ1n) is 5.10. The molecule has 14 heavy (non-hydrogen) atoms. The number of carbonyl (C=O) groups is 2. The number of amides is 2. The van der Waals surface area contributed by atoms with Crippen LogP contribution in [0.15, 0.2) is 0 Å². The fraction of sp³-hybridized carbons (Fsp3) is 0.800. The molecule has 4 heteroatoms. The van der Waals surface area contributed by atoms with Crippen LogP contribution in [0.25, 0.3) is 0 Å². The van der Waals surface area contributed by atoms with Gasteiger partial charge in [-0.05, 0) is 5.92 Å². The van der Waals surface area contributed by atoms with E-state index in [1.165, 1.54) is 4.90 Å². The van der Waals surface area contributed by atoms with Gasteiger partial charge < -0.3 is 4.74 Å². The Balaban J connectivity index is 2.44. The lowest BCUT2D eigenvalue weighted by atomic mass is 9.99. The predicted molar refractivity (Wildman–Crippen MR) is 51.4 cm³/mol. The molecule has 0 aromatic rings. The molecule has 0 unspecified atom stereocenters. The highest BCUT2D eigenvalue weighted by Crippen LogP contribution is 2.15. The van der Waals surface area contributed by atoms with Gasteiger partial charge >= 0.3 is 0 Å². The SMILES string of the molecule is CCC(CC)CC(=O)N1COCC1=O. The fourth-order valence-corrected chi connectivity index (χ4v) is 1.52. The van der Waals surface area contributed by atoms with Crippen LogP contribution in [0.3, 0.4) is 0 Å². The van der Waals surface area contributed by atoms with Crippen LogP contribution in [0.1, 0.15) is 33.1 Å². The molecule has 0 N–H and O–H groups in total. The zero-order valence-electron chi connectivity index (χ0n) is 8.78. The molecular weight excluding hydrogens is 182 g/mol. The predicted octanol–water partition coefficient (Wildman–Crippen LogP) is 1.16. The minimum atomic E-state index is -0.207. The zero-order valence-corrected chi connectivity index (χ0v) is 8.78. The van der Waals surface area contributed by atoms with E-state index in [0.29, 0.717) is 12.3 Å². The number of hydrogen-bond donors (Lipinski definition) is 0. The highest BCUT2D eigenvalue weighted by molar-refractivity contribution is 5.96. The number of carbonyl (C=O) groups excluding carboxylic acids is 2. The first-order chi connectivity index (χ1) is 6.69. The van der Waals surface area contributed by atoms with E-state index < -0.39 is 0 Å². The third kappa shape index (κ3) is 2.54. The van der Waals surface area contributed by atoms with Crippen molar-refractivity contribution in [3.8, 4) is 0 Å². The van der Waals surface area contributed by atoms with Gasteiger partial charge in [0, 0.05) is 6.42 Å². The maximum Gasteiger partial charge on any atom is 0.257 e. The fourth-order valence-electron chi connectivity index (χ4n) is 1.52. The van der Waals surface area contributed by atoms with E-state index in [4.69, 9.17) is 4.74 Å². The Kier molecular flexibility index (Phi) is 4.07. The second kappa shape index (κ2) is 5.10. The van der Waals surface area contributed by atoms with E-state index in [2.05, 4.69) is 13.8 Å². The summed E-state index contributed by atoms with van der Waals surface area (Å²) in [6, 6.07) is 0. The molecule has 0 aromatic carbocycles. The lowest BCUT2D eigenvalue weighted by Crippen LogP contribution is -2.33. The van der Waals surface area contributed by atoms with E-state index in [-0.39, 0.29) is 25.2 Å². The molecule has 0 spiro atoms. The molecule has 1 heterocycles. The molecule has 2 amide bonds. The minimum absolute atomic E-state index is 0.0503. The minimum Gasteiger partial charge on any atom is -0.351 e. The smallest absolute Gasteiger partial charge is 0.257 e. The molecule has 0 aromatic heterocycles. The molecular formula is C10H17NO3. The molecule has 4 nitrogen and oxygen atoms in total. The summed E-state index contributed by atoms with van der Waals surface area (Å²) in [5.74, 6) is 0.0815. The molecule has 0 aliphatic carbocycles. The van der Waals surface area contributed by atoms with Crippen LogP contribution < -0.4 is 0 Å². The monoisotopic (exact) mass is 199 g/mol. The first-order valence-corrected chi connectivity index (χ1v) is 5.10. The number of ether oxygens (including phenoxy) is 1. The van der Waals surface area contributed by atoms with Crippen LogP contribution in [0.5, 0.6) is 0 Å². The summed E-state index contributed by atoms with van der Waals surface area (Å²) >= 11 is 0. The van der Waals surface area contributed by atoms with Crippen molar-refractivity contribution in [2.45, 2.75) is 33.1 Å². The highest BCUT2D eigenvalue weighted by atomic mass is 16.5. The standard InChI is InChI=1S/C10H17NO3/c1-3-8(4-2)5-9(12)11-7-14-6-10(11)13/h8H,3-7H2,1-2H3. The van der Waals surface area contributed by atoms with Gasteiger partial charge in [-0.1, -0.05) is 26.7 Å². The molecule has 80 valence electrons. The Morgan fingerprint density at radius 2 is 2.14 bits per heavy atom. The van der Waals surface area contributed by atoms with Crippen LogP contribution in [0, 0.1) is 5.92 Å². The van der Waals surface area contributed by atoms with Gasteiger partial charge in [-0.3, -0.25) is 14.5 Å². The molecule has 0 bridgehead atoms. The summed E-state index contributed by atoms with van der Waals surface area (Å²) in [6.45, 7) is 4.31. The van der Waals surface area contributed by atoms with Crippen molar-refractivity contribution < 1.29 is 14.3 Å². The van der Waals surface area contributed by atoms with Crippen molar-refractivity contribution in [3.05, 3.63) is 0 Å². The Hall–Kier alpha value is -0.900. The second-order valence-electron chi connectivity index (χ2n) is 3.58. The highest BCUT2D eigenvalue weighted by Gasteiger charge is 2.27. The molecule has 0 atom stereocenters. The maximum atomic E-state index is 11.6. The largest absolute Gasteiger partial charge is 0.351 e. The molecule has 1 fully saturated rings. The van der Waals surface area contributed by atoms with Crippen molar-refractivity contribution in [3.63, 3.8) is 0 Å². The van der Waals surface area contributed by atoms with E-state index in [1.807, 2.05) is 0 Å². The van der Waals surface area contributed by atoms with Gasteiger partial charge in [0.05, 0.1) is 0 Å². The third-order valence-electron chi connectivity index (χ3n) is 2.67. The molecule has 0 radical (unpaired) electrons. The normalized spacial score (nSPS) is 16.8. The summed E-state index contributed by atoms with van der Waals surface area (Å²) in [7, 11) is 0. The van der Waals surface area contributed by atoms with Gasteiger partial charge in [0.25, 0.3) is 5.91 Å². The molecule has 1 rings (SSSR count). The van der Waals surface area contributed by atoms with E-state index in [0.717, 1.165) is 12.8 Å². The van der Waals surface area contributed by atoms with Gasteiger partial charge in [-0.15, -0.1) is 0 Å². The Morgan fingerprint density at radius 3 is 2.57 bits per heavy atom. The van der Waals surface area contributed by atoms with Crippen molar-refractivity contribution >= 4 is 11.8 Å². The summed E-state index contributed by atoms with van der Waals surface area (Å²) in [5, 5.41) is 0. The molecule has 0 saturated carbocycles. The Bertz CT molecular complexity index is 223. The van der Waals surface area contributed by atoms with Crippen LogP contribution in [0.2, 0.25) is 0 Å². The lowest BCUT2D eigenvalue weighted by molar-refractivity contribution is -0.142. The topological polar surface area (TPSA) is 46.6 Å². The van der Waals surface area contributed by atoms with Crippen LogP contribution in [-0.4, -0.2) is 30.1 Å². The average molecular weight is 199 g/mol. The van der Waals surface area contributed by atoms with E-state index in [9.17, 15) is 9.59 Å². The second-order valence-corrected chi connectivity index (χ2v) is 3.58. The summed E-state index contributed by atoms with van der Waals surface area (Å²) in [5.41, 5.74) is 0. The van der Waals surface area contributed by atoms with Gasteiger partial charge in [-0.25, -0.2) is 0 Å². The van der Waals surface area contributed by atoms with Crippen molar-refractivity contribution in [1.82, 2.24) is 4.90 Å². The number of nitrogens with zero attached hydrogens (tertiary/aromatic N) is 1. The zero-order chi connectivity index (χ0) is 10.6. The Morgan fingerprint density at radius 1 is 1.50 bits per heavy atom. The van der Waals surface area contributed by atoms with Crippen molar-refractivity contribution in [2.75, 3.05) is 13.3 Å². The van der Waals surface area contributed by atoms with Crippen LogP contribution in [0.4, 0.5) is 0 Å².